The third kappa shape index (κ3) is 3.34. The molecule has 0 fully saturated rings. The third-order valence-electron chi connectivity index (χ3n) is 3.43. The fraction of sp³-hybridized carbons (Fsp3) is 0.438. The lowest BCUT2D eigenvalue weighted by Gasteiger charge is -2.20. The number of anilines is 1. The number of esters is 1. The predicted molar refractivity (Wildman–Crippen MR) is 82.5 cm³/mol. The van der Waals surface area contributed by atoms with E-state index in [-0.39, 0.29) is 11.9 Å². The highest BCUT2D eigenvalue weighted by molar-refractivity contribution is 6.33. The van der Waals surface area contributed by atoms with Crippen molar-refractivity contribution in [1.29, 1.82) is 0 Å². The van der Waals surface area contributed by atoms with Gasteiger partial charge in [-0.3, -0.25) is 4.79 Å². The zero-order valence-electron chi connectivity index (χ0n) is 11.9. The summed E-state index contributed by atoms with van der Waals surface area (Å²) in [5, 5.41) is 0.682. The van der Waals surface area contributed by atoms with Crippen LogP contribution < -0.4 is 4.90 Å². The molecular weight excluding hydrogens is 274 g/mol. The highest BCUT2D eigenvalue weighted by atomic mass is 35.5. The van der Waals surface area contributed by atoms with Crippen LogP contribution in [-0.2, 0) is 9.53 Å². The SMILES string of the molecule is CCCOC(=O)C(C)c1ccc(N2CC=CC2)c(Cl)c1. The second kappa shape index (κ2) is 6.80. The van der Waals surface area contributed by atoms with Gasteiger partial charge in [0.1, 0.15) is 0 Å². The molecule has 4 heteroatoms. The van der Waals surface area contributed by atoms with Crippen LogP contribution >= 0.6 is 11.6 Å². The summed E-state index contributed by atoms with van der Waals surface area (Å²) in [5.41, 5.74) is 1.90. The van der Waals surface area contributed by atoms with E-state index in [0.717, 1.165) is 30.8 Å². The van der Waals surface area contributed by atoms with Gasteiger partial charge < -0.3 is 9.64 Å². The van der Waals surface area contributed by atoms with Gasteiger partial charge in [-0.15, -0.1) is 0 Å². The summed E-state index contributed by atoms with van der Waals surface area (Å²) in [4.78, 5) is 14.1. The van der Waals surface area contributed by atoms with Crippen LogP contribution in [0.25, 0.3) is 0 Å². The molecule has 2 rings (SSSR count). The molecule has 1 aliphatic heterocycles. The Morgan fingerprint density at radius 3 is 2.70 bits per heavy atom. The lowest BCUT2D eigenvalue weighted by molar-refractivity contribution is -0.145. The maximum Gasteiger partial charge on any atom is 0.313 e. The van der Waals surface area contributed by atoms with Gasteiger partial charge in [0.15, 0.2) is 0 Å². The first-order valence-corrected chi connectivity index (χ1v) is 7.37. The van der Waals surface area contributed by atoms with Gasteiger partial charge in [0.2, 0.25) is 0 Å². The van der Waals surface area contributed by atoms with E-state index in [0.29, 0.717) is 11.6 Å². The molecule has 0 aromatic heterocycles. The van der Waals surface area contributed by atoms with E-state index in [9.17, 15) is 4.79 Å². The Kier molecular flexibility index (Phi) is 5.07. The Morgan fingerprint density at radius 1 is 1.40 bits per heavy atom. The number of ether oxygens (including phenoxy) is 1. The first-order chi connectivity index (χ1) is 9.63. The molecule has 1 atom stereocenters. The number of hydrogen-bond donors (Lipinski definition) is 0. The monoisotopic (exact) mass is 293 g/mol. The highest BCUT2D eigenvalue weighted by Crippen LogP contribution is 2.31. The van der Waals surface area contributed by atoms with Crippen LogP contribution in [0.1, 0.15) is 31.7 Å². The molecule has 0 amide bonds. The van der Waals surface area contributed by atoms with Gasteiger partial charge in [-0.25, -0.2) is 0 Å². The molecule has 0 radical (unpaired) electrons. The van der Waals surface area contributed by atoms with Gasteiger partial charge in [0.25, 0.3) is 0 Å². The van der Waals surface area contributed by atoms with Crippen LogP contribution in [0.15, 0.2) is 30.4 Å². The molecule has 20 heavy (non-hydrogen) atoms. The molecule has 108 valence electrons. The second-order valence-electron chi connectivity index (χ2n) is 4.98. The molecular formula is C16H20ClNO2. The summed E-state index contributed by atoms with van der Waals surface area (Å²) in [6.07, 6.45) is 5.07. The minimum atomic E-state index is -0.287. The van der Waals surface area contributed by atoms with Crippen LogP contribution in [0.5, 0.6) is 0 Å². The van der Waals surface area contributed by atoms with Gasteiger partial charge in [-0.05, 0) is 31.0 Å². The lowest BCUT2D eigenvalue weighted by atomic mass is 10.0. The van der Waals surface area contributed by atoms with Crippen LogP contribution in [0.4, 0.5) is 5.69 Å². The van der Waals surface area contributed by atoms with Crippen LogP contribution in [0, 0.1) is 0 Å². The molecule has 3 nitrogen and oxygen atoms in total. The summed E-state index contributed by atoms with van der Waals surface area (Å²) < 4.78 is 5.17. The zero-order valence-corrected chi connectivity index (χ0v) is 12.7. The number of nitrogens with zero attached hydrogens (tertiary/aromatic N) is 1. The molecule has 1 unspecified atom stereocenters. The van der Waals surface area contributed by atoms with E-state index in [4.69, 9.17) is 16.3 Å². The second-order valence-corrected chi connectivity index (χ2v) is 5.38. The van der Waals surface area contributed by atoms with Crippen molar-refractivity contribution in [3.8, 4) is 0 Å². The normalized spacial score (nSPS) is 15.4. The molecule has 1 aromatic rings. The van der Waals surface area contributed by atoms with Crippen molar-refractivity contribution < 1.29 is 9.53 Å². The van der Waals surface area contributed by atoms with Crippen LogP contribution in [0.2, 0.25) is 5.02 Å². The van der Waals surface area contributed by atoms with Crippen molar-refractivity contribution in [3.05, 3.63) is 40.9 Å². The van der Waals surface area contributed by atoms with E-state index < -0.39 is 0 Å². The van der Waals surface area contributed by atoms with Crippen molar-refractivity contribution in [2.24, 2.45) is 0 Å². The van der Waals surface area contributed by atoms with Gasteiger partial charge in [0.05, 0.1) is 23.2 Å². The number of carbonyl (C=O) groups is 1. The van der Waals surface area contributed by atoms with Crippen molar-refractivity contribution in [2.45, 2.75) is 26.2 Å². The lowest BCUT2D eigenvalue weighted by Crippen LogP contribution is -2.19. The average Bonchev–Trinajstić information content (AvgIpc) is 2.97. The standard InChI is InChI=1S/C16H20ClNO2/c1-3-10-20-16(19)12(2)13-6-7-15(14(17)11-13)18-8-4-5-9-18/h4-7,11-12H,3,8-10H2,1-2H3. The Hall–Kier alpha value is -1.48. The molecule has 0 spiro atoms. The number of hydrogen-bond acceptors (Lipinski definition) is 3. The van der Waals surface area contributed by atoms with Crippen molar-refractivity contribution >= 4 is 23.3 Å². The number of benzene rings is 1. The predicted octanol–water partition coefficient (Wildman–Crippen LogP) is 3.77. The number of carbonyl (C=O) groups excluding carboxylic acids is 1. The summed E-state index contributed by atoms with van der Waals surface area (Å²) in [6.45, 7) is 6.06. The first kappa shape index (κ1) is 14.9. The van der Waals surface area contributed by atoms with Crippen molar-refractivity contribution in [1.82, 2.24) is 0 Å². The topological polar surface area (TPSA) is 29.5 Å². The van der Waals surface area contributed by atoms with Gasteiger partial charge in [-0.2, -0.15) is 0 Å². The van der Waals surface area contributed by atoms with Crippen molar-refractivity contribution in [3.63, 3.8) is 0 Å². The minimum absolute atomic E-state index is 0.196. The van der Waals surface area contributed by atoms with Gasteiger partial charge in [0, 0.05) is 13.1 Å². The third-order valence-corrected chi connectivity index (χ3v) is 3.74. The zero-order chi connectivity index (χ0) is 14.5. The molecule has 0 bridgehead atoms. The molecule has 0 saturated carbocycles. The molecule has 1 heterocycles. The summed E-state index contributed by atoms with van der Waals surface area (Å²) in [6, 6.07) is 5.80. The van der Waals surface area contributed by atoms with E-state index >= 15 is 0 Å². The van der Waals surface area contributed by atoms with E-state index in [1.54, 1.807) is 0 Å². The molecule has 0 saturated heterocycles. The Bertz CT molecular complexity index is 505. The maximum absolute atomic E-state index is 11.9. The Balaban J connectivity index is 2.09. The minimum Gasteiger partial charge on any atom is -0.465 e. The van der Waals surface area contributed by atoms with Crippen LogP contribution in [0.3, 0.4) is 0 Å². The molecule has 0 aliphatic carbocycles. The van der Waals surface area contributed by atoms with Gasteiger partial charge >= 0.3 is 5.97 Å². The summed E-state index contributed by atoms with van der Waals surface area (Å²) >= 11 is 6.34. The van der Waals surface area contributed by atoms with E-state index in [2.05, 4.69) is 17.1 Å². The number of halogens is 1. The Labute approximate surface area is 125 Å². The first-order valence-electron chi connectivity index (χ1n) is 6.99. The fourth-order valence-corrected chi connectivity index (χ4v) is 2.50. The largest absolute Gasteiger partial charge is 0.465 e. The average molecular weight is 294 g/mol. The Morgan fingerprint density at radius 2 is 2.10 bits per heavy atom. The van der Waals surface area contributed by atoms with E-state index in [1.807, 2.05) is 32.0 Å². The van der Waals surface area contributed by atoms with Gasteiger partial charge in [-0.1, -0.05) is 36.7 Å². The summed E-state index contributed by atoms with van der Waals surface area (Å²) in [7, 11) is 0. The molecule has 1 aliphatic rings. The summed E-state index contributed by atoms with van der Waals surface area (Å²) in [5.74, 6) is -0.483. The molecule has 0 N–H and O–H groups in total. The highest BCUT2D eigenvalue weighted by Gasteiger charge is 2.19. The van der Waals surface area contributed by atoms with Crippen molar-refractivity contribution in [2.75, 3.05) is 24.6 Å². The van der Waals surface area contributed by atoms with E-state index in [1.165, 1.54) is 0 Å². The fourth-order valence-electron chi connectivity index (χ4n) is 2.19. The van der Waals surface area contributed by atoms with Crippen LogP contribution in [-0.4, -0.2) is 25.7 Å². The number of rotatable bonds is 5. The smallest absolute Gasteiger partial charge is 0.313 e. The maximum atomic E-state index is 11.9. The quantitative estimate of drug-likeness (QED) is 0.611. The molecule has 1 aromatic carbocycles.